The third-order valence-corrected chi connectivity index (χ3v) is 3.27. The van der Waals surface area contributed by atoms with E-state index in [1.807, 2.05) is 19.1 Å². The van der Waals surface area contributed by atoms with Gasteiger partial charge in [0.05, 0.1) is 17.1 Å². The van der Waals surface area contributed by atoms with Gasteiger partial charge in [-0.1, -0.05) is 6.07 Å². The van der Waals surface area contributed by atoms with Gasteiger partial charge in [-0.2, -0.15) is 0 Å². The first-order valence-corrected chi connectivity index (χ1v) is 6.59. The third kappa shape index (κ3) is 2.91. The molecular formula is C14H13BrN2O3. The largest absolute Gasteiger partial charge is 0.465 e. The number of hydrogen-bond acceptors (Lipinski definition) is 5. The Kier molecular flexibility index (Phi) is 4.24. The molecule has 0 radical (unpaired) electrons. The predicted octanol–water partition coefficient (Wildman–Crippen LogP) is 3.31. The average Bonchev–Trinajstić information content (AvgIpc) is 2.43. The fourth-order valence-corrected chi connectivity index (χ4v) is 2.19. The molecular weight excluding hydrogens is 324 g/mol. The van der Waals surface area contributed by atoms with Crippen molar-refractivity contribution in [2.24, 2.45) is 0 Å². The molecule has 0 unspecified atom stereocenters. The van der Waals surface area contributed by atoms with Gasteiger partial charge in [0.15, 0.2) is 0 Å². The number of rotatable bonds is 3. The normalized spacial score (nSPS) is 10.2. The predicted molar refractivity (Wildman–Crippen MR) is 78.9 cm³/mol. The molecule has 0 fully saturated rings. The van der Waals surface area contributed by atoms with Gasteiger partial charge in [-0.05, 0) is 46.6 Å². The van der Waals surface area contributed by atoms with E-state index in [4.69, 9.17) is 10.5 Å². The van der Waals surface area contributed by atoms with Crippen LogP contribution in [0.25, 0.3) is 0 Å². The Morgan fingerprint density at radius 3 is 2.75 bits per heavy atom. The molecule has 0 saturated heterocycles. The van der Waals surface area contributed by atoms with Crippen LogP contribution in [-0.2, 0) is 4.74 Å². The fraction of sp³-hybridized carbons (Fsp3) is 0.143. The highest BCUT2D eigenvalue weighted by atomic mass is 79.9. The first-order valence-electron chi connectivity index (χ1n) is 5.79. The lowest BCUT2D eigenvalue weighted by molar-refractivity contribution is 0.0601. The minimum absolute atomic E-state index is 0.145. The molecule has 0 bridgehead atoms. The number of halogens is 1. The summed E-state index contributed by atoms with van der Waals surface area (Å²) in [6.07, 6.45) is 1.44. The van der Waals surface area contributed by atoms with Crippen molar-refractivity contribution in [3.8, 4) is 11.6 Å². The van der Waals surface area contributed by atoms with Crippen molar-refractivity contribution in [1.82, 2.24) is 4.98 Å². The van der Waals surface area contributed by atoms with E-state index in [1.54, 1.807) is 6.07 Å². The second kappa shape index (κ2) is 5.92. The lowest BCUT2D eigenvalue weighted by Crippen LogP contribution is -2.07. The summed E-state index contributed by atoms with van der Waals surface area (Å²) in [5, 5.41) is 0. The monoisotopic (exact) mass is 336 g/mol. The molecule has 0 aliphatic carbocycles. The van der Waals surface area contributed by atoms with Crippen LogP contribution < -0.4 is 10.5 Å². The second-order valence-corrected chi connectivity index (χ2v) is 4.96. The molecule has 20 heavy (non-hydrogen) atoms. The van der Waals surface area contributed by atoms with Crippen molar-refractivity contribution in [2.75, 3.05) is 12.8 Å². The van der Waals surface area contributed by atoms with Crippen molar-refractivity contribution in [1.29, 1.82) is 0 Å². The smallest absolute Gasteiger partial charge is 0.340 e. The molecule has 1 aromatic carbocycles. The maximum Gasteiger partial charge on any atom is 0.340 e. The van der Waals surface area contributed by atoms with E-state index in [1.165, 1.54) is 19.4 Å². The number of aryl methyl sites for hydroxylation is 1. The number of benzene rings is 1. The lowest BCUT2D eigenvalue weighted by atomic mass is 10.2. The van der Waals surface area contributed by atoms with E-state index in [-0.39, 0.29) is 17.1 Å². The first-order chi connectivity index (χ1) is 9.52. The van der Waals surface area contributed by atoms with E-state index in [9.17, 15) is 4.79 Å². The average molecular weight is 337 g/mol. The number of nitrogen functional groups attached to an aromatic ring is 1. The molecule has 2 aromatic rings. The summed E-state index contributed by atoms with van der Waals surface area (Å²) in [6.45, 7) is 1.97. The quantitative estimate of drug-likeness (QED) is 0.870. The van der Waals surface area contributed by atoms with Crippen molar-refractivity contribution in [3.05, 3.63) is 46.1 Å². The summed E-state index contributed by atoms with van der Waals surface area (Å²) >= 11 is 3.41. The van der Waals surface area contributed by atoms with Gasteiger partial charge in [-0.3, -0.25) is 0 Å². The topological polar surface area (TPSA) is 74.4 Å². The van der Waals surface area contributed by atoms with Gasteiger partial charge in [0.1, 0.15) is 11.4 Å². The summed E-state index contributed by atoms with van der Waals surface area (Å²) < 4.78 is 11.1. The van der Waals surface area contributed by atoms with Gasteiger partial charge >= 0.3 is 5.97 Å². The molecule has 104 valence electrons. The standard InChI is InChI=1S/C14H13BrN2O3/c1-8-3-4-11(10(15)7-8)20-13-12(16)9(5-6-17-13)14(18)19-2/h3-7H,16H2,1-2H3. The molecule has 0 saturated carbocycles. The van der Waals surface area contributed by atoms with Crippen LogP contribution in [0.3, 0.4) is 0 Å². The number of pyridine rings is 1. The highest BCUT2D eigenvalue weighted by molar-refractivity contribution is 9.10. The molecule has 5 nitrogen and oxygen atoms in total. The highest BCUT2D eigenvalue weighted by Crippen LogP contribution is 2.33. The van der Waals surface area contributed by atoms with E-state index >= 15 is 0 Å². The van der Waals surface area contributed by atoms with Crippen LogP contribution in [0.5, 0.6) is 11.6 Å². The Bertz CT molecular complexity index is 659. The number of nitrogens with zero attached hydrogens (tertiary/aromatic N) is 1. The fourth-order valence-electron chi connectivity index (χ4n) is 1.62. The molecule has 0 amide bonds. The van der Waals surface area contributed by atoms with Crippen molar-refractivity contribution < 1.29 is 14.3 Å². The van der Waals surface area contributed by atoms with Gasteiger partial charge < -0.3 is 15.2 Å². The lowest BCUT2D eigenvalue weighted by Gasteiger charge is -2.11. The Hall–Kier alpha value is -2.08. The van der Waals surface area contributed by atoms with E-state index < -0.39 is 5.97 Å². The van der Waals surface area contributed by atoms with E-state index in [0.29, 0.717) is 5.75 Å². The SMILES string of the molecule is COC(=O)c1ccnc(Oc2ccc(C)cc2Br)c1N. The van der Waals surface area contributed by atoms with Gasteiger partial charge in [0.2, 0.25) is 5.88 Å². The van der Waals surface area contributed by atoms with Gasteiger partial charge in [-0.15, -0.1) is 0 Å². The number of carbonyl (C=O) groups is 1. The van der Waals surface area contributed by atoms with Crippen molar-refractivity contribution >= 4 is 27.6 Å². The van der Waals surface area contributed by atoms with Crippen LogP contribution in [0.2, 0.25) is 0 Å². The number of anilines is 1. The molecule has 2 N–H and O–H groups in total. The van der Waals surface area contributed by atoms with Crippen molar-refractivity contribution in [2.45, 2.75) is 6.92 Å². The van der Waals surface area contributed by atoms with Gasteiger partial charge in [-0.25, -0.2) is 9.78 Å². The first kappa shape index (κ1) is 14.3. The summed E-state index contributed by atoms with van der Waals surface area (Å²) in [4.78, 5) is 15.6. The zero-order valence-corrected chi connectivity index (χ0v) is 12.6. The van der Waals surface area contributed by atoms with Crippen LogP contribution in [0.15, 0.2) is 34.9 Å². The zero-order chi connectivity index (χ0) is 14.7. The molecule has 0 atom stereocenters. The number of hydrogen-bond donors (Lipinski definition) is 1. The Morgan fingerprint density at radius 2 is 2.10 bits per heavy atom. The Morgan fingerprint density at radius 1 is 1.35 bits per heavy atom. The number of aromatic nitrogens is 1. The summed E-state index contributed by atoms with van der Waals surface area (Å²) in [7, 11) is 1.29. The Balaban J connectivity index is 2.37. The minimum atomic E-state index is -0.530. The Labute approximate surface area is 124 Å². The number of ether oxygens (including phenoxy) is 2. The van der Waals surface area contributed by atoms with Crippen LogP contribution >= 0.6 is 15.9 Å². The maximum atomic E-state index is 11.6. The summed E-state index contributed by atoms with van der Waals surface area (Å²) in [5.41, 5.74) is 7.34. The number of methoxy groups -OCH3 is 1. The molecule has 6 heteroatoms. The van der Waals surface area contributed by atoms with Crippen LogP contribution in [-0.4, -0.2) is 18.1 Å². The zero-order valence-electron chi connectivity index (χ0n) is 11.0. The molecule has 0 spiro atoms. The minimum Gasteiger partial charge on any atom is -0.465 e. The molecule has 0 aliphatic heterocycles. The van der Waals surface area contributed by atoms with E-state index in [0.717, 1.165) is 10.0 Å². The number of carbonyl (C=O) groups excluding carboxylic acids is 1. The molecule has 0 aliphatic rings. The van der Waals surface area contributed by atoms with Crippen LogP contribution in [0, 0.1) is 6.92 Å². The molecule has 1 heterocycles. The summed E-state index contributed by atoms with van der Waals surface area (Å²) in [6, 6.07) is 7.10. The van der Waals surface area contributed by atoms with Gasteiger partial charge in [0.25, 0.3) is 0 Å². The van der Waals surface area contributed by atoms with Gasteiger partial charge in [0, 0.05) is 6.20 Å². The second-order valence-electron chi connectivity index (χ2n) is 4.10. The summed E-state index contributed by atoms with van der Waals surface area (Å²) in [5.74, 6) is 0.201. The van der Waals surface area contributed by atoms with Crippen molar-refractivity contribution in [3.63, 3.8) is 0 Å². The highest BCUT2D eigenvalue weighted by Gasteiger charge is 2.16. The number of esters is 1. The third-order valence-electron chi connectivity index (χ3n) is 2.65. The maximum absolute atomic E-state index is 11.6. The molecule has 2 rings (SSSR count). The van der Waals surface area contributed by atoms with Crippen LogP contribution in [0.4, 0.5) is 5.69 Å². The number of nitrogens with two attached hydrogens (primary N) is 1. The van der Waals surface area contributed by atoms with Crippen LogP contribution in [0.1, 0.15) is 15.9 Å². The van der Waals surface area contributed by atoms with E-state index in [2.05, 4.69) is 25.7 Å². The molecule has 1 aromatic heterocycles.